The van der Waals surface area contributed by atoms with Crippen LogP contribution in [0.15, 0.2) is 81.1 Å². The molecule has 0 aliphatic heterocycles. The summed E-state index contributed by atoms with van der Waals surface area (Å²) in [6.45, 7) is -0.458. The third kappa shape index (κ3) is 6.20. The van der Waals surface area contributed by atoms with Crippen LogP contribution in [0.4, 0.5) is 5.69 Å². The van der Waals surface area contributed by atoms with Crippen molar-refractivity contribution in [2.45, 2.75) is 16.3 Å². The maximum absolute atomic E-state index is 12.3. The molecule has 1 heterocycles. The maximum Gasteiger partial charge on any atom is 0.338 e. The summed E-state index contributed by atoms with van der Waals surface area (Å²) in [6.07, 6.45) is 3.34. The topological polar surface area (TPSA) is 115 Å². The summed E-state index contributed by atoms with van der Waals surface area (Å²) in [7, 11) is -3.77. The van der Waals surface area contributed by atoms with Gasteiger partial charge >= 0.3 is 5.97 Å². The summed E-state index contributed by atoms with van der Waals surface area (Å²) < 4.78 is 37.2. The van der Waals surface area contributed by atoms with Gasteiger partial charge < -0.3 is 14.5 Å². The maximum atomic E-state index is 12.3. The summed E-state index contributed by atoms with van der Waals surface area (Å²) >= 11 is 1.48. The Balaban J connectivity index is 1.54. The SMILES string of the molecule is CSc1ccccc1NC(=O)COC(=O)c1ccc(S(=O)(=O)NCc2ccco2)cc1. The molecule has 1 aromatic heterocycles. The first-order chi connectivity index (χ1) is 14.9. The van der Waals surface area contributed by atoms with Gasteiger partial charge in [-0.3, -0.25) is 4.79 Å². The third-order valence-electron chi connectivity index (χ3n) is 4.13. The molecule has 0 aliphatic rings. The Labute approximate surface area is 184 Å². The Morgan fingerprint density at radius 1 is 1.03 bits per heavy atom. The number of para-hydroxylation sites is 1. The molecule has 31 heavy (non-hydrogen) atoms. The van der Waals surface area contributed by atoms with Crippen LogP contribution in [0.25, 0.3) is 0 Å². The predicted molar refractivity (Wildman–Crippen MR) is 116 cm³/mol. The normalized spacial score (nSPS) is 11.1. The number of rotatable bonds is 9. The van der Waals surface area contributed by atoms with Gasteiger partial charge in [0.05, 0.1) is 29.0 Å². The van der Waals surface area contributed by atoms with Crippen molar-refractivity contribution in [3.63, 3.8) is 0 Å². The van der Waals surface area contributed by atoms with Crippen LogP contribution in [-0.2, 0) is 26.1 Å². The van der Waals surface area contributed by atoms with Crippen molar-refractivity contribution in [1.29, 1.82) is 0 Å². The molecule has 0 radical (unpaired) electrons. The molecule has 0 atom stereocenters. The minimum Gasteiger partial charge on any atom is -0.468 e. The number of esters is 1. The molecule has 162 valence electrons. The molecular weight excluding hydrogens is 440 g/mol. The molecule has 0 spiro atoms. The molecule has 0 fully saturated rings. The number of carbonyl (C=O) groups is 2. The largest absolute Gasteiger partial charge is 0.468 e. The molecule has 3 rings (SSSR count). The number of furan rings is 1. The minimum absolute atomic E-state index is 0.00784. The zero-order chi connectivity index (χ0) is 22.3. The van der Waals surface area contributed by atoms with Crippen LogP contribution in [0, 0.1) is 0 Å². The van der Waals surface area contributed by atoms with Gasteiger partial charge in [-0.15, -0.1) is 11.8 Å². The van der Waals surface area contributed by atoms with Gasteiger partial charge in [0.25, 0.3) is 5.91 Å². The van der Waals surface area contributed by atoms with E-state index < -0.39 is 28.5 Å². The Hall–Kier alpha value is -3.08. The molecule has 0 unspecified atom stereocenters. The highest BCUT2D eigenvalue weighted by atomic mass is 32.2. The number of thioether (sulfide) groups is 1. The van der Waals surface area contributed by atoms with E-state index in [0.717, 1.165) is 4.90 Å². The van der Waals surface area contributed by atoms with Crippen LogP contribution in [0.3, 0.4) is 0 Å². The lowest BCUT2D eigenvalue weighted by Gasteiger charge is -2.10. The Bertz CT molecular complexity index is 1140. The lowest BCUT2D eigenvalue weighted by atomic mass is 10.2. The Morgan fingerprint density at radius 3 is 2.45 bits per heavy atom. The molecule has 0 aliphatic carbocycles. The number of anilines is 1. The smallest absolute Gasteiger partial charge is 0.338 e. The van der Waals surface area contributed by atoms with E-state index in [1.165, 1.54) is 42.3 Å². The van der Waals surface area contributed by atoms with E-state index >= 15 is 0 Å². The molecule has 2 N–H and O–H groups in total. The lowest BCUT2D eigenvalue weighted by Crippen LogP contribution is -2.23. The van der Waals surface area contributed by atoms with Crippen molar-refractivity contribution in [3.8, 4) is 0 Å². The molecule has 1 amide bonds. The van der Waals surface area contributed by atoms with E-state index in [9.17, 15) is 18.0 Å². The Kier molecular flexibility index (Phi) is 7.50. The third-order valence-corrected chi connectivity index (χ3v) is 6.35. The highest BCUT2D eigenvalue weighted by Gasteiger charge is 2.16. The fraction of sp³-hybridized carbons (Fsp3) is 0.143. The van der Waals surface area contributed by atoms with Crippen molar-refractivity contribution < 1.29 is 27.2 Å². The second kappa shape index (κ2) is 10.3. The summed E-state index contributed by atoms with van der Waals surface area (Å²) in [4.78, 5) is 25.1. The first kappa shape index (κ1) is 22.6. The van der Waals surface area contributed by atoms with Crippen molar-refractivity contribution in [1.82, 2.24) is 4.72 Å². The number of amides is 1. The van der Waals surface area contributed by atoms with Gasteiger partial charge in [0, 0.05) is 4.90 Å². The van der Waals surface area contributed by atoms with Crippen LogP contribution in [0.2, 0.25) is 0 Å². The van der Waals surface area contributed by atoms with Crippen molar-refractivity contribution in [3.05, 3.63) is 78.3 Å². The first-order valence-electron chi connectivity index (χ1n) is 9.11. The monoisotopic (exact) mass is 460 g/mol. The predicted octanol–water partition coefficient (Wildman–Crippen LogP) is 3.28. The van der Waals surface area contributed by atoms with Crippen molar-refractivity contribution in [2.75, 3.05) is 18.2 Å². The van der Waals surface area contributed by atoms with E-state index in [2.05, 4.69) is 10.0 Å². The number of benzene rings is 2. The van der Waals surface area contributed by atoms with Crippen LogP contribution in [0.1, 0.15) is 16.1 Å². The van der Waals surface area contributed by atoms with Gasteiger partial charge in [-0.1, -0.05) is 12.1 Å². The van der Waals surface area contributed by atoms with Gasteiger partial charge in [0.15, 0.2) is 6.61 Å². The van der Waals surface area contributed by atoms with Crippen LogP contribution >= 0.6 is 11.8 Å². The summed E-state index contributed by atoms with van der Waals surface area (Å²) in [5.41, 5.74) is 0.759. The van der Waals surface area contributed by atoms with Gasteiger partial charge in [0.1, 0.15) is 5.76 Å². The molecule has 0 saturated carbocycles. The molecular formula is C21H20N2O6S2. The molecule has 8 nitrogen and oxygen atoms in total. The van der Waals surface area contributed by atoms with E-state index in [1.54, 1.807) is 24.3 Å². The van der Waals surface area contributed by atoms with Crippen LogP contribution in [-0.4, -0.2) is 33.2 Å². The lowest BCUT2D eigenvalue weighted by molar-refractivity contribution is -0.119. The van der Waals surface area contributed by atoms with Crippen molar-refractivity contribution in [2.24, 2.45) is 0 Å². The van der Waals surface area contributed by atoms with Gasteiger partial charge in [0.2, 0.25) is 10.0 Å². The standard InChI is InChI=1S/C21H20N2O6S2/c1-30-19-7-3-2-6-18(19)23-20(24)14-29-21(25)15-8-10-17(11-9-15)31(26,27)22-13-16-5-4-12-28-16/h2-12,22H,13-14H2,1H3,(H,23,24). The summed E-state index contributed by atoms with van der Waals surface area (Å²) in [5, 5.41) is 2.69. The number of nitrogens with one attached hydrogen (secondary N) is 2. The van der Waals surface area contributed by atoms with E-state index in [0.29, 0.717) is 11.4 Å². The van der Waals surface area contributed by atoms with Crippen LogP contribution < -0.4 is 10.0 Å². The zero-order valence-electron chi connectivity index (χ0n) is 16.5. The van der Waals surface area contributed by atoms with Crippen molar-refractivity contribution >= 4 is 39.3 Å². The minimum atomic E-state index is -3.77. The molecule has 0 bridgehead atoms. The van der Waals surface area contributed by atoms with Gasteiger partial charge in [-0.05, 0) is 54.8 Å². The van der Waals surface area contributed by atoms with Gasteiger partial charge in [-0.2, -0.15) is 0 Å². The average molecular weight is 461 g/mol. The van der Waals surface area contributed by atoms with E-state index in [-0.39, 0.29) is 17.0 Å². The second-order valence-corrected chi connectivity index (χ2v) is 8.87. The van der Waals surface area contributed by atoms with Crippen LogP contribution in [0.5, 0.6) is 0 Å². The number of hydrogen-bond acceptors (Lipinski definition) is 7. The Morgan fingerprint density at radius 2 is 1.77 bits per heavy atom. The highest BCUT2D eigenvalue weighted by Crippen LogP contribution is 2.24. The zero-order valence-corrected chi connectivity index (χ0v) is 18.2. The fourth-order valence-electron chi connectivity index (χ4n) is 2.58. The molecule has 2 aromatic carbocycles. The number of hydrogen-bond donors (Lipinski definition) is 2. The molecule has 10 heteroatoms. The first-order valence-corrected chi connectivity index (χ1v) is 11.8. The average Bonchev–Trinajstić information content (AvgIpc) is 3.30. The summed E-state index contributed by atoms with van der Waals surface area (Å²) in [6, 6.07) is 15.8. The van der Waals surface area contributed by atoms with E-state index in [4.69, 9.17) is 9.15 Å². The highest BCUT2D eigenvalue weighted by molar-refractivity contribution is 7.98. The quantitative estimate of drug-likeness (QED) is 0.372. The van der Waals surface area contributed by atoms with Gasteiger partial charge in [-0.25, -0.2) is 17.9 Å². The fourth-order valence-corrected chi connectivity index (χ4v) is 4.13. The molecule has 0 saturated heterocycles. The molecule has 3 aromatic rings. The number of ether oxygens (including phenoxy) is 1. The second-order valence-electron chi connectivity index (χ2n) is 6.25. The number of carbonyl (C=O) groups excluding carboxylic acids is 2. The summed E-state index contributed by atoms with van der Waals surface area (Å²) in [5.74, 6) is -0.737. The van der Waals surface area contributed by atoms with E-state index in [1.807, 2.05) is 18.4 Å². The number of sulfonamides is 1.